The molecule has 0 bridgehead atoms. The Balaban J connectivity index is 1.86. The van der Waals surface area contributed by atoms with Crippen molar-refractivity contribution in [3.63, 3.8) is 0 Å². The number of hydrogen-bond donors (Lipinski definition) is 2. The summed E-state index contributed by atoms with van der Waals surface area (Å²) in [6.45, 7) is 0.818. The number of hydrogen-bond acceptors (Lipinski definition) is 1. The SMILES string of the molecule is O=C1CC(Cc2c[nH]c3ccccc23)CN1. The second-order valence-electron chi connectivity index (χ2n) is 4.44. The molecule has 3 heteroatoms. The minimum atomic E-state index is 0.185. The van der Waals surface area contributed by atoms with Crippen molar-refractivity contribution in [2.45, 2.75) is 12.8 Å². The standard InChI is InChI=1S/C13H14N2O/c16-13-6-9(7-15-13)5-10-8-14-12-4-2-1-3-11(10)12/h1-4,8-9,14H,5-7H2,(H,15,16). The summed E-state index contributed by atoms with van der Waals surface area (Å²) < 4.78 is 0. The van der Waals surface area contributed by atoms with Crippen LogP contribution in [-0.4, -0.2) is 17.4 Å². The van der Waals surface area contributed by atoms with Crippen molar-refractivity contribution in [3.05, 3.63) is 36.0 Å². The molecule has 3 rings (SSSR count). The van der Waals surface area contributed by atoms with Crippen LogP contribution in [0.5, 0.6) is 0 Å². The quantitative estimate of drug-likeness (QED) is 0.787. The molecule has 16 heavy (non-hydrogen) atoms. The average molecular weight is 214 g/mol. The second-order valence-corrected chi connectivity index (χ2v) is 4.44. The molecule has 1 aliphatic heterocycles. The van der Waals surface area contributed by atoms with E-state index in [0.717, 1.165) is 13.0 Å². The second kappa shape index (κ2) is 3.67. The van der Waals surface area contributed by atoms with Crippen molar-refractivity contribution < 1.29 is 4.79 Å². The number of nitrogens with one attached hydrogen (secondary N) is 2. The lowest BCUT2D eigenvalue weighted by Crippen LogP contribution is -2.14. The highest BCUT2D eigenvalue weighted by atomic mass is 16.1. The Kier molecular flexibility index (Phi) is 2.17. The van der Waals surface area contributed by atoms with Gasteiger partial charge in [0.25, 0.3) is 0 Å². The third-order valence-electron chi connectivity index (χ3n) is 3.25. The van der Waals surface area contributed by atoms with Gasteiger partial charge < -0.3 is 10.3 Å². The third-order valence-corrected chi connectivity index (χ3v) is 3.25. The molecule has 3 nitrogen and oxygen atoms in total. The fourth-order valence-corrected chi connectivity index (χ4v) is 2.42. The molecular weight excluding hydrogens is 200 g/mol. The molecule has 82 valence electrons. The molecule has 1 amide bonds. The number of H-pyrrole nitrogens is 1. The van der Waals surface area contributed by atoms with Gasteiger partial charge in [-0.05, 0) is 24.0 Å². The maximum atomic E-state index is 11.1. The largest absolute Gasteiger partial charge is 0.361 e. The van der Waals surface area contributed by atoms with E-state index in [0.29, 0.717) is 12.3 Å². The number of aromatic amines is 1. The highest BCUT2D eigenvalue weighted by Crippen LogP contribution is 2.23. The Morgan fingerprint density at radius 3 is 3.00 bits per heavy atom. The van der Waals surface area contributed by atoms with Crippen molar-refractivity contribution in [2.24, 2.45) is 5.92 Å². The van der Waals surface area contributed by atoms with E-state index in [1.807, 2.05) is 6.07 Å². The van der Waals surface area contributed by atoms with Crippen LogP contribution in [0.25, 0.3) is 10.9 Å². The van der Waals surface area contributed by atoms with Gasteiger partial charge in [0.15, 0.2) is 0 Å². The molecule has 1 fully saturated rings. The van der Waals surface area contributed by atoms with Crippen LogP contribution in [0.1, 0.15) is 12.0 Å². The molecule has 0 saturated carbocycles. The van der Waals surface area contributed by atoms with E-state index in [9.17, 15) is 4.79 Å². The van der Waals surface area contributed by atoms with Gasteiger partial charge in [0, 0.05) is 30.1 Å². The number of rotatable bonds is 2. The fraction of sp³-hybridized carbons (Fsp3) is 0.308. The van der Waals surface area contributed by atoms with Crippen LogP contribution in [-0.2, 0) is 11.2 Å². The molecule has 2 heterocycles. The zero-order chi connectivity index (χ0) is 11.0. The average Bonchev–Trinajstić information content (AvgIpc) is 2.87. The van der Waals surface area contributed by atoms with Gasteiger partial charge in [-0.2, -0.15) is 0 Å². The zero-order valence-corrected chi connectivity index (χ0v) is 8.99. The van der Waals surface area contributed by atoms with E-state index < -0.39 is 0 Å². The van der Waals surface area contributed by atoms with Gasteiger partial charge in [-0.25, -0.2) is 0 Å². The maximum Gasteiger partial charge on any atom is 0.220 e. The van der Waals surface area contributed by atoms with E-state index in [-0.39, 0.29) is 5.91 Å². The molecule has 0 aliphatic carbocycles. The molecule has 1 atom stereocenters. The van der Waals surface area contributed by atoms with Gasteiger partial charge in [-0.3, -0.25) is 4.79 Å². The van der Waals surface area contributed by atoms with E-state index in [1.165, 1.54) is 16.5 Å². The Hall–Kier alpha value is -1.77. The fourth-order valence-electron chi connectivity index (χ4n) is 2.42. The van der Waals surface area contributed by atoms with Gasteiger partial charge in [0.05, 0.1) is 0 Å². The van der Waals surface area contributed by atoms with Crippen molar-refractivity contribution >= 4 is 16.8 Å². The summed E-state index contributed by atoms with van der Waals surface area (Å²) >= 11 is 0. The van der Waals surface area contributed by atoms with E-state index in [2.05, 4.69) is 34.7 Å². The summed E-state index contributed by atoms with van der Waals surface area (Å²) in [5.41, 5.74) is 2.49. The van der Waals surface area contributed by atoms with Gasteiger partial charge >= 0.3 is 0 Å². The normalized spacial score (nSPS) is 20.2. The van der Waals surface area contributed by atoms with Gasteiger partial charge in [0.2, 0.25) is 5.91 Å². The van der Waals surface area contributed by atoms with Gasteiger partial charge in [0.1, 0.15) is 0 Å². The number of aromatic nitrogens is 1. The minimum Gasteiger partial charge on any atom is -0.361 e. The monoisotopic (exact) mass is 214 g/mol. The van der Waals surface area contributed by atoms with Crippen molar-refractivity contribution in [2.75, 3.05) is 6.54 Å². The summed E-state index contributed by atoms with van der Waals surface area (Å²) in [6, 6.07) is 8.29. The highest BCUT2D eigenvalue weighted by molar-refractivity contribution is 5.83. The van der Waals surface area contributed by atoms with Crippen LogP contribution in [0, 0.1) is 5.92 Å². The summed E-state index contributed by atoms with van der Waals surface area (Å²) in [5.74, 6) is 0.636. The molecule has 1 saturated heterocycles. The Morgan fingerprint density at radius 2 is 2.19 bits per heavy atom. The number of benzene rings is 1. The van der Waals surface area contributed by atoms with E-state index in [1.54, 1.807) is 0 Å². The lowest BCUT2D eigenvalue weighted by atomic mass is 9.98. The predicted molar refractivity (Wildman–Crippen MR) is 63.1 cm³/mol. The smallest absolute Gasteiger partial charge is 0.220 e. The topological polar surface area (TPSA) is 44.9 Å². The number of amides is 1. The van der Waals surface area contributed by atoms with Crippen LogP contribution < -0.4 is 5.32 Å². The first-order valence-electron chi connectivity index (χ1n) is 5.64. The zero-order valence-electron chi connectivity index (χ0n) is 8.99. The number of carbonyl (C=O) groups is 1. The number of carbonyl (C=O) groups excluding carboxylic acids is 1. The van der Waals surface area contributed by atoms with Crippen LogP contribution in [0.4, 0.5) is 0 Å². The highest BCUT2D eigenvalue weighted by Gasteiger charge is 2.22. The maximum absolute atomic E-state index is 11.1. The molecule has 1 aliphatic rings. The van der Waals surface area contributed by atoms with Crippen LogP contribution in [0.3, 0.4) is 0 Å². The third kappa shape index (κ3) is 1.58. The lowest BCUT2D eigenvalue weighted by Gasteiger charge is -2.05. The summed E-state index contributed by atoms with van der Waals surface area (Å²) in [6.07, 6.45) is 3.70. The number of para-hydroxylation sites is 1. The molecule has 2 N–H and O–H groups in total. The van der Waals surface area contributed by atoms with Crippen LogP contribution >= 0.6 is 0 Å². The van der Waals surface area contributed by atoms with Gasteiger partial charge in [-0.1, -0.05) is 18.2 Å². The molecule has 0 radical (unpaired) electrons. The van der Waals surface area contributed by atoms with E-state index >= 15 is 0 Å². The van der Waals surface area contributed by atoms with E-state index in [4.69, 9.17) is 0 Å². The van der Waals surface area contributed by atoms with Crippen molar-refractivity contribution in [1.82, 2.24) is 10.3 Å². The number of fused-ring (bicyclic) bond motifs is 1. The summed E-state index contributed by atoms with van der Waals surface area (Å²) in [4.78, 5) is 14.4. The van der Waals surface area contributed by atoms with Gasteiger partial charge in [-0.15, -0.1) is 0 Å². The van der Waals surface area contributed by atoms with Crippen LogP contribution in [0.15, 0.2) is 30.5 Å². The molecule has 1 aromatic carbocycles. The first-order valence-corrected chi connectivity index (χ1v) is 5.64. The lowest BCUT2D eigenvalue weighted by molar-refractivity contribution is -0.119. The molecule has 1 aromatic heterocycles. The van der Waals surface area contributed by atoms with Crippen molar-refractivity contribution in [1.29, 1.82) is 0 Å². The summed E-state index contributed by atoms with van der Waals surface area (Å²) in [7, 11) is 0. The first-order chi connectivity index (χ1) is 7.83. The first kappa shape index (κ1) is 9.46. The minimum absolute atomic E-state index is 0.185. The molecular formula is C13H14N2O. The Morgan fingerprint density at radius 1 is 1.31 bits per heavy atom. The molecule has 1 unspecified atom stereocenters. The van der Waals surface area contributed by atoms with Crippen molar-refractivity contribution in [3.8, 4) is 0 Å². The van der Waals surface area contributed by atoms with Crippen LogP contribution in [0.2, 0.25) is 0 Å². The molecule has 2 aromatic rings. The Bertz CT molecular complexity index is 529. The molecule has 0 spiro atoms. The Labute approximate surface area is 93.9 Å². The summed E-state index contributed by atoms with van der Waals surface area (Å²) in [5, 5.41) is 4.16. The predicted octanol–water partition coefficient (Wildman–Crippen LogP) is 1.85.